The molecule has 1 heteroatoms. The lowest BCUT2D eigenvalue weighted by Gasteiger charge is -2.20. The van der Waals surface area contributed by atoms with Crippen LogP contribution >= 0.6 is 0 Å². The van der Waals surface area contributed by atoms with Crippen LogP contribution in [0.3, 0.4) is 0 Å². The lowest BCUT2D eigenvalue weighted by molar-refractivity contribution is 0.515. The van der Waals surface area contributed by atoms with E-state index in [0.717, 1.165) is 5.92 Å². The number of rotatable bonds is 4. The van der Waals surface area contributed by atoms with Gasteiger partial charge in [0, 0.05) is 6.04 Å². The predicted molar refractivity (Wildman–Crippen MR) is 85.0 cm³/mol. The van der Waals surface area contributed by atoms with E-state index in [1.807, 2.05) is 0 Å². The van der Waals surface area contributed by atoms with Crippen molar-refractivity contribution in [3.63, 3.8) is 0 Å². The van der Waals surface area contributed by atoms with Crippen molar-refractivity contribution in [2.24, 2.45) is 5.92 Å². The maximum Gasteiger partial charge on any atom is 0.0354 e. The summed E-state index contributed by atoms with van der Waals surface area (Å²) in [5, 5.41) is 3.55. The lowest BCUT2D eigenvalue weighted by Crippen LogP contribution is -2.20. The molecule has 0 bridgehead atoms. The Morgan fingerprint density at radius 2 is 1.80 bits per heavy atom. The zero-order valence-electron chi connectivity index (χ0n) is 12.6. The van der Waals surface area contributed by atoms with E-state index in [0.29, 0.717) is 12.0 Å². The minimum absolute atomic E-state index is 0.472. The zero-order chi connectivity index (χ0) is 14.1. The molecule has 1 N–H and O–H groups in total. The van der Waals surface area contributed by atoms with Gasteiger partial charge < -0.3 is 5.32 Å². The largest absolute Gasteiger partial charge is 0.313 e. The predicted octanol–water partition coefficient (Wildman–Crippen LogP) is 4.37. The van der Waals surface area contributed by atoms with Crippen LogP contribution in [0, 0.1) is 19.8 Å². The topological polar surface area (TPSA) is 12.0 Å². The van der Waals surface area contributed by atoms with Crippen LogP contribution in [0.1, 0.15) is 40.6 Å². The molecule has 3 unspecified atom stereocenters. The molecule has 1 fully saturated rings. The van der Waals surface area contributed by atoms with E-state index in [1.165, 1.54) is 28.7 Å². The number of hydrogen-bond acceptors (Lipinski definition) is 1. The van der Waals surface area contributed by atoms with Gasteiger partial charge in [-0.05, 0) is 55.8 Å². The third kappa shape index (κ3) is 2.51. The highest BCUT2D eigenvalue weighted by atomic mass is 14.9. The van der Waals surface area contributed by atoms with Crippen molar-refractivity contribution in [2.45, 2.75) is 32.2 Å². The van der Waals surface area contributed by atoms with Crippen molar-refractivity contribution in [2.75, 3.05) is 7.05 Å². The quantitative estimate of drug-likeness (QED) is 0.865. The van der Waals surface area contributed by atoms with E-state index in [-0.39, 0.29) is 0 Å². The summed E-state index contributed by atoms with van der Waals surface area (Å²) in [6.07, 6.45) is 1.29. The lowest BCUT2D eigenvalue weighted by atomic mass is 9.94. The SMILES string of the molecule is CNC(c1cc(C)ccc1C)C1CC1c1ccccc1. The van der Waals surface area contributed by atoms with E-state index in [2.05, 4.69) is 74.7 Å². The molecule has 2 aromatic rings. The van der Waals surface area contributed by atoms with Gasteiger partial charge in [0.15, 0.2) is 0 Å². The second kappa shape index (κ2) is 5.41. The van der Waals surface area contributed by atoms with E-state index >= 15 is 0 Å². The van der Waals surface area contributed by atoms with Gasteiger partial charge in [-0.2, -0.15) is 0 Å². The minimum Gasteiger partial charge on any atom is -0.313 e. The van der Waals surface area contributed by atoms with Crippen molar-refractivity contribution in [3.8, 4) is 0 Å². The average Bonchev–Trinajstić information content (AvgIpc) is 3.25. The first-order chi connectivity index (χ1) is 9.70. The molecule has 1 aliphatic rings. The Bertz CT molecular complexity index is 588. The van der Waals surface area contributed by atoms with Crippen molar-refractivity contribution in [3.05, 3.63) is 70.8 Å². The molecule has 0 saturated heterocycles. The Hall–Kier alpha value is -1.60. The first kappa shape index (κ1) is 13.4. The Morgan fingerprint density at radius 3 is 2.50 bits per heavy atom. The fourth-order valence-corrected chi connectivity index (χ4v) is 3.36. The monoisotopic (exact) mass is 265 g/mol. The van der Waals surface area contributed by atoms with E-state index < -0.39 is 0 Å². The van der Waals surface area contributed by atoms with E-state index in [4.69, 9.17) is 0 Å². The highest BCUT2D eigenvalue weighted by Crippen LogP contribution is 2.54. The smallest absolute Gasteiger partial charge is 0.0354 e. The highest BCUT2D eigenvalue weighted by Gasteiger charge is 2.44. The summed E-state index contributed by atoms with van der Waals surface area (Å²) in [6.45, 7) is 4.40. The van der Waals surface area contributed by atoms with Crippen LogP contribution in [0.2, 0.25) is 0 Å². The van der Waals surface area contributed by atoms with Crippen molar-refractivity contribution < 1.29 is 0 Å². The molecule has 0 aromatic heterocycles. The molecule has 3 atom stereocenters. The zero-order valence-corrected chi connectivity index (χ0v) is 12.6. The standard InChI is InChI=1S/C19H23N/c1-13-9-10-14(2)16(11-13)19(20-3)18-12-17(18)15-7-5-4-6-8-15/h4-11,17-20H,12H2,1-3H3. The third-order valence-electron chi connectivity index (χ3n) is 4.58. The molecule has 1 nitrogen and oxygen atoms in total. The van der Waals surface area contributed by atoms with Gasteiger partial charge in [-0.25, -0.2) is 0 Å². The fraction of sp³-hybridized carbons (Fsp3) is 0.368. The normalized spacial score (nSPS) is 22.6. The molecule has 0 heterocycles. The van der Waals surface area contributed by atoms with Crippen LogP contribution < -0.4 is 5.32 Å². The van der Waals surface area contributed by atoms with Gasteiger partial charge in [0.25, 0.3) is 0 Å². The number of hydrogen-bond donors (Lipinski definition) is 1. The Kier molecular flexibility index (Phi) is 3.62. The third-order valence-corrected chi connectivity index (χ3v) is 4.58. The molecule has 0 aliphatic heterocycles. The van der Waals surface area contributed by atoms with Crippen molar-refractivity contribution in [1.29, 1.82) is 0 Å². The number of nitrogens with one attached hydrogen (secondary N) is 1. The average molecular weight is 265 g/mol. The second-order valence-electron chi connectivity index (χ2n) is 6.04. The molecule has 0 radical (unpaired) electrons. The summed E-state index contributed by atoms with van der Waals surface area (Å²) < 4.78 is 0. The molecular weight excluding hydrogens is 242 g/mol. The maximum atomic E-state index is 3.55. The van der Waals surface area contributed by atoms with Crippen LogP contribution in [-0.4, -0.2) is 7.05 Å². The number of benzene rings is 2. The van der Waals surface area contributed by atoms with Gasteiger partial charge in [0.1, 0.15) is 0 Å². The van der Waals surface area contributed by atoms with E-state index in [9.17, 15) is 0 Å². The molecular formula is C19H23N. The summed E-state index contributed by atoms with van der Waals surface area (Å²) in [4.78, 5) is 0. The summed E-state index contributed by atoms with van der Waals surface area (Å²) >= 11 is 0. The van der Waals surface area contributed by atoms with E-state index in [1.54, 1.807) is 0 Å². The highest BCUT2D eigenvalue weighted by molar-refractivity contribution is 5.36. The molecule has 1 saturated carbocycles. The second-order valence-corrected chi connectivity index (χ2v) is 6.04. The van der Waals surface area contributed by atoms with Gasteiger partial charge in [0.2, 0.25) is 0 Å². The van der Waals surface area contributed by atoms with Gasteiger partial charge in [-0.3, -0.25) is 0 Å². The van der Waals surface area contributed by atoms with Crippen LogP contribution in [0.15, 0.2) is 48.5 Å². The van der Waals surface area contributed by atoms with Crippen LogP contribution in [0.25, 0.3) is 0 Å². The summed E-state index contributed by atoms with van der Waals surface area (Å²) in [7, 11) is 2.09. The first-order valence-corrected chi connectivity index (χ1v) is 7.50. The van der Waals surface area contributed by atoms with Crippen LogP contribution in [0.4, 0.5) is 0 Å². The molecule has 1 aliphatic carbocycles. The van der Waals surface area contributed by atoms with Crippen LogP contribution in [-0.2, 0) is 0 Å². The Balaban J connectivity index is 1.84. The summed E-state index contributed by atoms with van der Waals surface area (Å²) in [5.41, 5.74) is 5.70. The van der Waals surface area contributed by atoms with Gasteiger partial charge in [-0.15, -0.1) is 0 Å². The summed E-state index contributed by atoms with van der Waals surface area (Å²) in [6, 6.07) is 18.2. The Labute approximate surface area is 122 Å². The minimum atomic E-state index is 0.472. The molecule has 104 valence electrons. The number of aryl methyl sites for hydroxylation is 2. The molecule has 0 amide bonds. The van der Waals surface area contributed by atoms with Gasteiger partial charge >= 0.3 is 0 Å². The maximum absolute atomic E-state index is 3.55. The first-order valence-electron chi connectivity index (χ1n) is 7.50. The fourth-order valence-electron chi connectivity index (χ4n) is 3.36. The molecule has 2 aromatic carbocycles. The van der Waals surface area contributed by atoms with Crippen LogP contribution in [0.5, 0.6) is 0 Å². The van der Waals surface area contributed by atoms with Crippen molar-refractivity contribution in [1.82, 2.24) is 5.32 Å². The van der Waals surface area contributed by atoms with Gasteiger partial charge in [0.05, 0.1) is 0 Å². The van der Waals surface area contributed by atoms with Crippen molar-refractivity contribution >= 4 is 0 Å². The summed E-state index contributed by atoms with van der Waals surface area (Å²) in [5.74, 6) is 1.44. The molecule has 20 heavy (non-hydrogen) atoms. The molecule has 3 rings (SSSR count). The van der Waals surface area contributed by atoms with Gasteiger partial charge in [-0.1, -0.05) is 54.1 Å². The molecule has 0 spiro atoms. The Morgan fingerprint density at radius 1 is 1.05 bits per heavy atom.